The van der Waals surface area contributed by atoms with E-state index in [9.17, 15) is 14.4 Å². The molecule has 1 amide bonds. The molecule has 1 aliphatic heterocycles. The van der Waals surface area contributed by atoms with Crippen LogP contribution in [0.15, 0.2) is 34.8 Å². The van der Waals surface area contributed by atoms with Gasteiger partial charge in [-0.25, -0.2) is 0 Å². The van der Waals surface area contributed by atoms with Gasteiger partial charge in [0.15, 0.2) is 5.78 Å². The third-order valence-electron chi connectivity index (χ3n) is 5.58. The predicted octanol–water partition coefficient (Wildman–Crippen LogP) is 5.20. The molecule has 0 bridgehead atoms. The molecule has 0 spiro atoms. The smallest absolute Gasteiger partial charge is 0.223 e. The Labute approximate surface area is 187 Å². The van der Waals surface area contributed by atoms with Gasteiger partial charge >= 0.3 is 0 Å². The number of aryl methyl sites for hydroxylation is 1. The molecule has 0 aliphatic carbocycles. The van der Waals surface area contributed by atoms with Crippen molar-refractivity contribution in [1.29, 1.82) is 0 Å². The molecule has 0 radical (unpaired) electrons. The lowest BCUT2D eigenvalue weighted by molar-refractivity contribution is -0.134. The van der Waals surface area contributed by atoms with Crippen molar-refractivity contribution in [3.63, 3.8) is 0 Å². The van der Waals surface area contributed by atoms with E-state index in [1.807, 2.05) is 36.1 Å². The van der Waals surface area contributed by atoms with Crippen LogP contribution in [0.1, 0.15) is 51.5 Å². The van der Waals surface area contributed by atoms with E-state index in [-0.39, 0.29) is 43.2 Å². The molecule has 2 aromatic heterocycles. The Morgan fingerprint density at radius 1 is 1.10 bits per heavy atom. The molecule has 0 saturated heterocycles. The minimum atomic E-state index is -0.0290. The number of aromatic nitrogens is 1. The van der Waals surface area contributed by atoms with Crippen LogP contribution >= 0.6 is 27.3 Å². The highest BCUT2D eigenvalue weighted by atomic mass is 79.9. The molecule has 5 nitrogen and oxygen atoms in total. The number of carbonyl (C=O) groups excluding carboxylic acids is 3. The van der Waals surface area contributed by atoms with Crippen molar-refractivity contribution in [2.75, 3.05) is 6.54 Å². The van der Waals surface area contributed by atoms with Crippen LogP contribution < -0.4 is 0 Å². The Morgan fingerprint density at radius 2 is 1.90 bits per heavy atom. The number of thiophene rings is 1. The number of fused-ring (bicyclic) bond motifs is 3. The van der Waals surface area contributed by atoms with Gasteiger partial charge in [0.05, 0.1) is 10.4 Å². The average molecular weight is 487 g/mol. The van der Waals surface area contributed by atoms with E-state index in [0.717, 1.165) is 32.2 Å². The van der Waals surface area contributed by atoms with Gasteiger partial charge in [-0.05, 0) is 41.1 Å². The third kappa shape index (κ3) is 4.42. The lowest BCUT2D eigenvalue weighted by Crippen LogP contribution is -2.35. The highest BCUT2D eigenvalue weighted by Crippen LogP contribution is 2.32. The molecule has 0 atom stereocenters. The summed E-state index contributed by atoms with van der Waals surface area (Å²) >= 11 is 5.03. The van der Waals surface area contributed by atoms with E-state index in [2.05, 4.69) is 27.0 Å². The molecule has 0 saturated carbocycles. The second-order valence-electron chi connectivity index (χ2n) is 7.68. The van der Waals surface area contributed by atoms with Crippen molar-refractivity contribution in [2.45, 2.75) is 45.6 Å². The van der Waals surface area contributed by atoms with Gasteiger partial charge in [0.1, 0.15) is 5.78 Å². The number of aromatic amines is 1. The van der Waals surface area contributed by atoms with E-state index in [0.29, 0.717) is 18.0 Å². The van der Waals surface area contributed by atoms with Gasteiger partial charge < -0.3 is 9.88 Å². The van der Waals surface area contributed by atoms with E-state index >= 15 is 0 Å². The van der Waals surface area contributed by atoms with Crippen LogP contribution in [0.4, 0.5) is 0 Å². The number of hydrogen-bond donors (Lipinski definition) is 1. The molecule has 1 aliphatic rings. The minimum absolute atomic E-state index is 0.00134. The van der Waals surface area contributed by atoms with E-state index in [1.165, 1.54) is 17.0 Å². The minimum Gasteiger partial charge on any atom is -0.357 e. The number of carbonyl (C=O) groups is 3. The molecule has 1 N–H and O–H groups in total. The molecule has 3 heterocycles. The summed E-state index contributed by atoms with van der Waals surface area (Å²) in [6.45, 7) is 3.17. The Kier molecular flexibility index (Phi) is 6.20. The number of halogens is 1. The highest BCUT2D eigenvalue weighted by molar-refractivity contribution is 9.10. The molecule has 7 heteroatoms. The Morgan fingerprint density at radius 3 is 2.67 bits per heavy atom. The van der Waals surface area contributed by atoms with Gasteiger partial charge in [-0.1, -0.05) is 12.1 Å². The van der Waals surface area contributed by atoms with Gasteiger partial charge in [-0.2, -0.15) is 0 Å². The van der Waals surface area contributed by atoms with E-state index in [1.54, 1.807) is 0 Å². The maximum Gasteiger partial charge on any atom is 0.223 e. The zero-order valence-corrected chi connectivity index (χ0v) is 19.2. The maximum atomic E-state index is 12.7. The van der Waals surface area contributed by atoms with Gasteiger partial charge in [-0.3, -0.25) is 14.4 Å². The van der Waals surface area contributed by atoms with Crippen LogP contribution in [0.25, 0.3) is 10.9 Å². The topological polar surface area (TPSA) is 70.2 Å². The molecule has 3 aromatic rings. The third-order valence-corrected chi connectivity index (χ3v) is 7.28. The van der Waals surface area contributed by atoms with Crippen molar-refractivity contribution in [3.05, 3.63) is 55.8 Å². The normalized spacial score (nSPS) is 13.5. The van der Waals surface area contributed by atoms with Crippen LogP contribution in [-0.2, 0) is 22.6 Å². The predicted molar refractivity (Wildman–Crippen MR) is 122 cm³/mol. The quantitative estimate of drug-likeness (QED) is 0.466. The van der Waals surface area contributed by atoms with Crippen LogP contribution in [0, 0.1) is 6.92 Å². The molecule has 30 heavy (non-hydrogen) atoms. The number of H-pyrrole nitrogens is 1. The van der Waals surface area contributed by atoms with E-state index < -0.39 is 0 Å². The number of rotatable bonds is 7. The zero-order valence-electron chi connectivity index (χ0n) is 16.8. The number of ketones is 2. The molecule has 0 unspecified atom stereocenters. The Bertz CT molecular complexity index is 1130. The summed E-state index contributed by atoms with van der Waals surface area (Å²) in [5.74, 6) is -0.0286. The lowest BCUT2D eigenvalue weighted by Gasteiger charge is -2.27. The van der Waals surface area contributed by atoms with E-state index in [4.69, 9.17) is 0 Å². The number of Topliss-reactive ketones (excluding diaryl/α,β-unsaturated/α-hetero) is 2. The van der Waals surface area contributed by atoms with Crippen LogP contribution in [-0.4, -0.2) is 33.9 Å². The Hall–Kier alpha value is -2.25. The Balaban J connectivity index is 1.29. The molecular weight excluding hydrogens is 464 g/mol. The second kappa shape index (κ2) is 8.86. The fraction of sp³-hybridized carbons (Fsp3) is 0.348. The van der Waals surface area contributed by atoms with Crippen molar-refractivity contribution >= 4 is 55.6 Å². The van der Waals surface area contributed by atoms with Gasteiger partial charge in [0, 0.05) is 71.2 Å². The number of hydrogen-bond acceptors (Lipinski definition) is 4. The second-order valence-corrected chi connectivity index (χ2v) is 9.82. The SMILES string of the molecule is Cc1ccc(C(=O)CCC(=O)CCC(=O)N2CCc3[nH]c4c(Br)cccc4c3C2)s1. The summed E-state index contributed by atoms with van der Waals surface area (Å²) in [4.78, 5) is 44.1. The largest absolute Gasteiger partial charge is 0.357 e. The first-order chi connectivity index (χ1) is 14.4. The first-order valence-corrected chi connectivity index (χ1v) is 11.7. The first kappa shape index (κ1) is 21.0. The summed E-state index contributed by atoms with van der Waals surface area (Å²) < 4.78 is 1.02. The van der Waals surface area contributed by atoms with Crippen LogP contribution in [0.3, 0.4) is 0 Å². The number of nitrogens with one attached hydrogen (secondary N) is 1. The molecule has 1 aromatic carbocycles. The summed E-state index contributed by atoms with van der Waals surface area (Å²) in [7, 11) is 0. The summed E-state index contributed by atoms with van der Waals surface area (Å²) in [6, 6.07) is 9.79. The lowest BCUT2D eigenvalue weighted by atomic mass is 10.0. The molecule has 156 valence electrons. The monoisotopic (exact) mass is 486 g/mol. The standard InChI is InChI=1S/C23H23BrN2O3S/c1-14-5-9-21(30-14)20(28)8-6-15(27)7-10-22(29)26-12-11-19-17(13-26)16-3-2-4-18(24)23(16)25-19/h2-5,9,25H,6-8,10-13H2,1H3. The zero-order chi connectivity index (χ0) is 21.3. The molecule has 4 rings (SSSR count). The maximum absolute atomic E-state index is 12.7. The first-order valence-electron chi connectivity index (χ1n) is 10.1. The van der Waals surface area contributed by atoms with Crippen molar-refractivity contribution < 1.29 is 14.4 Å². The number of benzene rings is 1. The summed E-state index contributed by atoms with van der Waals surface area (Å²) in [5.41, 5.74) is 3.41. The molecule has 0 fully saturated rings. The van der Waals surface area contributed by atoms with Crippen LogP contribution in [0.5, 0.6) is 0 Å². The van der Waals surface area contributed by atoms with Gasteiger partial charge in [-0.15, -0.1) is 11.3 Å². The number of amides is 1. The number of nitrogens with zero attached hydrogens (tertiary/aromatic N) is 1. The van der Waals surface area contributed by atoms with Crippen molar-refractivity contribution in [2.24, 2.45) is 0 Å². The number of para-hydroxylation sites is 1. The highest BCUT2D eigenvalue weighted by Gasteiger charge is 2.24. The fourth-order valence-electron chi connectivity index (χ4n) is 3.91. The summed E-state index contributed by atoms with van der Waals surface area (Å²) in [6.07, 6.45) is 1.59. The fourth-order valence-corrected chi connectivity index (χ4v) is 5.21. The summed E-state index contributed by atoms with van der Waals surface area (Å²) in [5, 5.41) is 1.13. The van der Waals surface area contributed by atoms with Gasteiger partial charge in [0.25, 0.3) is 0 Å². The average Bonchev–Trinajstić information content (AvgIpc) is 3.34. The van der Waals surface area contributed by atoms with Crippen molar-refractivity contribution in [3.8, 4) is 0 Å². The van der Waals surface area contributed by atoms with Gasteiger partial charge in [0.2, 0.25) is 5.91 Å². The molecular formula is C23H23BrN2O3S. The van der Waals surface area contributed by atoms with Crippen LogP contribution in [0.2, 0.25) is 0 Å². The van der Waals surface area contributed by atoms with Crippen molar-refractivity contribution in [1.82, 2.24) is 9.88 Å².